The standard InChI is InChI=1S/C11H22N4/c1-10(2)15-9-13-7-11(15)8-14(3)6-4-5-12/h7,9-10H,4-6,8,12H2,1-3H3. The summed E-state index contributed by atoms with van der Waals surface area (Å²) < 4.78 is 2.21. The summed E-state index contributed by atoms with van der Waals surface area (Å²) in [6.07, 6.45) is 4.89. The highest BCUT2D eigenvalue weighted by atomic mass is 15.1. The third-order valence-corrected chi connectivity index (χ3v) is 2.48. The molecule has 0 unspecified atom stereocenters. The van der Waals surface area contributed by atoms with E-state index in [-0.39, 0.29) is 0 Å². The molecule has 0 aliphatic carbocycles. The Morgan fingerprint density at radius 3 is 2.87 bits per heavy atom. The Labute approximate surface area is 92.1 Å². The number of rotatable bonds is 6. The first-order valence-electron chi connectivity index (χ1n) is 5.54. The van der Waals surface area contributed by atoms with Crippen molar-refractivity contribution in [3.63, 3.8) is 0 Å². The first-order valence-corrected chi connectivity index (χ1v) is 5.54. The summed E-state index contributed by atoms with van der Waals surface area (Å²) in [7, 11) is 2.12. The Morgan fingerprint density at radius 1 is 1.53 bits per heavy atom. The molecule has 0 aliphatic rings. The van der Waals surface area contributed by atoms with Crippen LogP contribution in [0.25, 0.3) is 0 Å². The fourth-order valence-electron chi connectivity index (χ4n) is 1.64. The molecule has 1 heterocycles. The second-order valence-electron chi connectivity index (χ2n) is 4.27. The molecule has 2 N–H and O–H groups in total. The molecule has 0 bridgehead atoms. The summed E-state index contributed by atoms with van der Waals surface area (Å²) in [4.78, 5) is 6.47. The van der Waals surface area contributed by atoms with E-state index < -0.39 is 0 Å². The van der Waals surface area contributed by atoms with Gasteiger partial charge < -0.3 is 15.2 Å². The van der Waals surface area contributed by atoms with Crippen LogP contribution in [0.15, 0.2) is 12.5 Å². The Kier molecular flexibility index (Phi) is 4.78. The molecule has 0 radical (unpaired) electrons. The zero-order chi connectivity index (χ0) is 11.3. The minimum atomic E-state index is 0.477. The van der Waals surface area contributed by atoms with Crippen molar-refractivity contribution in [3.8, 4) is 0 Å². The summed E-state index contributed by atoms with van der Waals surface area (Å²) in [6.45, 7) is 7.09. The summed E-state index contributed by atoms with van der Waals surface area (Å²) in [5.74, 6) is 0. The number of hydrogen-bond donors (Lipinski definition) is 1. The SMILES string of the molecule is CC(C)n1cncc1CN(C)CCCN. The van der Waals surface area contributed by atoms with E-state index in [4.69, 9.17) is 5.73 Å². The monoisotopic (exact) mass is 210 g/mol. The van der Waals surface area contributed by atoms with Gasteiger partial charge in [0.05, 0.1) is 12.0 Å². The third-order valence-electron chi connectivity index (χ3n) is 2.48. The Hall–Kier alpha value is -0.870. The van der Waals surface area contributed by atoms with Crippen LogP contribution in [0.4, 0.5) is 0 Å². The molecule has 1 rings (SSSR count). The van der Waals surface area contributed by atoms with Gasteiger partial charge in [0.25, 0.3) is 0 Å². The first kappa shape index (κ1) is 12.2. The molecule has 0 aliphatic heterocycles. The highest BCUT2D eigenvalue weighted by Crippen LogP contribution is 2.10. The quantitative estimate of drug-likeness (QED) is 0.768. The van der Waals surface area contributed by atoms with Gasteiger partial charge in [0, 0.05) is 18.8 Å². The lowest BCUT2D eigenvalue weighted by Crippen LogP contribution is -2.23. The molecule has 0 spiro atoms. The first-order chi connectivity index (χ1) is 7.15. The lowest BCUT2D eigenvalue weighted by Gasteiger charge is -2.18. The molecule has 1 aromatic rings. The van der Waals surface area contributed by atoms with Crippen molar-refractivity contribution in [3.05, 3.63) is 18.2 Å². The molecule has 0 atom stereocenters. The van der Waals surface area contributed by atoms with Crippen molar-refractivity contribution >= 4 is 0 Å². The highest BCUT2D eigenvalue weighted by molar-refractivity contribution is 4.99. The van der Waals surface area contributed by atoms with Crippen LogP contribution in [0, 0.1) is 0 Å². The van der Waals surface area contributed by atoms with E-state index in [1.54, 1.807) is 0 Å². The molecule has 0 saturated carbocycles. The van der Waals surface area contributed by atoms with Gasteiger partial charge in [0.1, 0.15) is 0 Å². The smallest absolute Gasteiger partial charge is 0.0951 e. The van der Waals surface area contributed by atoms with Crippen molar-refractivity contribution in [1.29, 1.82) is 0 Å². The Balaban J connectivity index is 2.52. The van der Waals surface area contributed by atoms with Gasteiger partial charge >= 0.3 is 0 Å². The highest BCUT2D eigenvalue weighted by Gasteiger charge is 2.07. The molecule has 86 valence electrons. The van der Waals surface area contributed by atoms with Gasteiger partial charge in [-0.2, -0.15) is 0 Å². The van der Waals surface area contributed by atoms with Crippen LogP contribution in [0.1, 0.15) is 32.0 Å². The largest absolute Gasteiger partial charge is 0.331 e. The molecule has 4 heteroatoms. The molecule has 4 nitrogen and oxygen atoms in total. The van der Waals surface area contributed by atoms with Gasteiger partial charge in [-0.15, -0.1) is 0 Å². The normalized spacial score (nSPS) is 11.6. The number of nitrogens with zero attached hydrogens (tertiary/aromatic N) is 3. The molecular formula is C11H22N4. The van der Waals surface area contributed by atoms with Crippen molar-refractivity contribution < 1.29 is 0 Å². The minimum absolute atomic E-state index is 0.477. The van der Waals surface area contributed by atoms with Crippen LogP contribution in [-0.4, -0.2) is 34.6 Å². The van der Waals surface area contributed by atoms with Gasteiger partial charge in [-0.1, -0.05) is 0 Å². The fourth-order valence-corrected chi connectivity index (χ4v) is 1.64. The van der Waals surface area contributed by atoms with Gasteiger partial charge in [0.2, 0.25) is 0 Å². The zero-order valence-electron chi connectivity index (χ0n) is 9.98. The van der Waals surface area contributed by atoms with Gasteiger partial charge in [-0.05, 0) is 40.4 Å². The van der Waals surface area contributed by atoms with Gasteiger partial charge in [0.15, 0.2) is 0 Å². The molecule has 0 amide bonds. The maximum Gasteiger partial charge on any atom is 0.0951 e. The second-order valence-corrected chi connectivity index (χ2v) is 4.27. The van der Waals surface area contributed by atoms with E-state index in [1.165, 1.54) is 5.69 Å². The van der Waals surface area contributed by atoms with Crippen LogP contribution >= 0.6 is 0 Å². The second kappa shape index (κ2) is 5.88. The molecule has 15 heavy (non-hydrogen) atoms. The maximum atomic E-state index is 5.48. The molecule has 0 aromatic carbocycles. The number of nitrogens with two attached hydrogens (primary N) is 1. The average Bonchev–Trinajstić information content (AvgIpc) is 2.62. The van der Waals surface area contributed by atoms with Crippen LogP contribution in [0.2, 0.25) is 0 Å². The molecular weight excluding hydrogens is 188 g/mol. The molecule has 0 fully saturated rings. The summed E-state index contributed by atoms with van der Waals surface area (Å²) in [5, 5.41) is 0. The minimum Gasteiger partial charge on any atom is -0.331 e. The van der Waals surface area contributed by atoms with E-state index in [2.05, 4.69) is 35.3 Å². The van der Waals surface area contributed by atoms with Crippen LogP contribution in [0.3, 0.4) is 0 Å². The van der Waals surface area contributed by atoms with Crippen LogP contribution in [0.5, 0.6) is 0 Å². The predicted molar refractivity (Wildman–Crippen MR) is 62.6 cm³/mol. The van der Waals surface area contributed by atoms with E-state index in [0.29, 0.717) is 6.04 Å². The van der Waals surface area contributed by atoms with Crippen molar-refractivity contribution in [2.24, 2.45) is 5.73 Å². The van der Waals surface area contributed by atoms with Crippen LogP contribution < -0.4 is 5.73 Å². The molecule has 0 saturated heterocycles. The number of aromatic nitrogens is 2. The van der Waals surface area contributed by atoms with E-state index >= 15 is 0 Å². The maximum absolute atomic E-state index is 5.48. The predicted octanol–water partition coefficient (Wildman–Crippen LogP) is 1.24. The van der Waals surface area contributed by atoms with Gasteiger partial charge in [-0.25, -0.2) is 4.98 Å². The summed E-state index contributed by atoms with van der Waals surface area (Å²) >= 11 is 0. The third kappa shape index (κ3) is 3.64. The topological polar surface area (TPSA) is 47.1 Å². The van der Waals surface area contributed by atoms with E-state index in [9.17, 15) is 0 Å². The lowest BCUT2D eigenvalue weighted by molar-refractivity contribution is 0.312. The van der Waals surface area contributed by atoms with Crippen LogP contribution in [-0.2, 0) is 6.54 Å². The zero-order valence-corrected chi connectivity index (χ0v) is 9.98. The average molecular weight is 210 g/mol. The Bertz CT molecular complexity index is 280. The van der Waals surface area contributed by atoms with E-state index in [1.807, 2.05) is 12.5 Å². The lowest BCUT2D eigenvalue weighted by atomic mass is 10.3. The van der Waals surface area contributed by atoms with E-state index in [0.717, 1.165) is 26.1 Å². The summed E-state index contributed by atoms with van der Waals surface area (Å²) in [5.41, 5.74) is 6.75. The van der Waals surface area contributed by atoms with Crippen molar-refractivity contribution in [1.82, 2.24) is 14.5 Å². The molecule has 1 aromatic heterocycles. The number of hydrogen-bond acceptors (Lipinski definition) is 3. The Morgan fingerprint density at radius 2 is 2.27 bits per heavy atom. The van der Waals surface area contributed by atoms with Crippen molar-refractivity contribution in [2.45, 2.75) is 32.9 Å². The summed E-state index contributed by atoms with van der Waals surface area (Å²) in [6, 6.07) is 0.477. The van der Waals surface area contributed by atoms with Crippen molar-refractivity contribution in [2.75, 3.05) is 20.1 Å². The number of imidazole rings is 1. The van der Waals surface area contributed by atoms with Gasteiger partial charge in [-0.3, -0.25) is 0 Å². The fraction of sp³-hybridized carbons (Fsp3) is 0.727.